The maximum atomic E-state index is 12.2. The second-order valence-electron chi connectivity index (χ2n) is 6.45. The monoisotopic (exact) mass is 413 g/mol. The molecule has 1 N–H and O–H groups in total. The van der Waals surface area contributed by atoms with Crippen molar-refractivity contribution in [2.24, 2.45) is 0 Å². The van der Waals surface area contributed by atoms with Crippen LogP contribution in [0.3, 0.4) is 0 Å². The van der Waals surface area contributed by atoms with Crippen LogP contribution < -0.4 is 5.32 Å². The first-order chi connectivity index (χ1) is 12.6. The summed E-state index contributed by atoms with van der Waals surface area (Å²) < 4.78 is 30.3. The molecule has 1 aliphatic rings. The predicted octanol–water partition coefficient (Wildman–Crippen LogP) is 1.70. The summed E-state index contributed by atoms with van der Waals surface area (Å²) in [5.41, 5.74) is -1.08. The molecule has 0 bridgehead atoms. The Kier molecular flexibility index (Phi) is 6.46. The standard InChI is InChI=1S/C17H20ClN3O5S/c1-21(2)27(24,25)12-5-6-14(18)13(9-12)16(23)26-10-15(22)20-17(11-19)7-3-4-8-17/h5-6,9H,3-4,7-8,10H2,1-2H3,(H,20,22). The van der Waals surface area contributed by atoms with Gasteiger partial charge in [-0.15, -0.1) is 0 Å². The first-order valence-corrected chi connectivity index (χ1v) is 10.0. The molecule has 0 heterocycles. The molecule has 0 atom stereocenters. The Morgan fingerprint density at radius 2 is 1.96 bits per heavy atom. The molecule has 1 fully saturated rings. The summed E-state index contributed by atoms with van der Waals surface area (Å²) in [6.07, 6.45) is 2.80. The average molecular weight is 414 g/mol. The average Bonchev–Trinajstić information content (AvgIpc) is 3.08. The highest BCUT2D eigenvalue weighted by molar-refractivity contribution is 7.89. The number of benzene rings is 1. The van der Waals surface area contributed by atoms with E-state index < -0.39 is 34.0 Å². The number of nitrogens with one attached hydrogen (secondary N) is 1. The number of nitriles is 1. The van der Waals surface area contributed by atoms with Gasteiger partial charge in [0.15, 0.2) is 6.61 Å². The van der Waals surface area contributed by atoms with Gasteiger partial charge in [-0.3, -0.25) is 4.79 Å². The van der Waals surface area contributed by atoms with Gasteiger partial charge in [0, 0.05) is 14.1 Å². The highest BCUT2D eigenvalue weighted by Gasteiger charge is 2.35. The third kappa shape index (κ3) is 4.77. The van der Waals surface area contributed by atoms with E-state index in [1.165, 1.54) is 26.2 Å². The minimum Gasteiger partial charge on any atom is -0.452 e. The van der Waals surface area contributed by atoms with Crippen molar-refractivity contribution in [3.8, 4) is 6.07 Å². The SMILES string of the molecule is CN(C)S(=O)(=O)c1ccc(Cl)c(C(=O)OCC(=O)NC2(C#N)CCCC2)c1. The zero-order chi connectivity index (χ0) is 20.2. The second kappa shape index (κ2) is 8.25. The number of carbonyl (C=O) groups is 2. The van der Waals surface area contributed by atoms with Gasteiger partial charge in [0.05, 0.1) is 21.6 Å². The summed E-state index contributed by atoms with van der Waals surface area (Å²) in [4.78, 5) is 24.1. The number of esters is 1. The lowest BCUT2D eigenvalue weighted by atomic mass is 10.00. The van der Waals surface area contributed by atoms with Crippen LogP contribution in [0.4, 0.5) is 0 Å². The van der Waals surface area contributed by atoms with Crippen LogP contribution in [0.15, 0.2) is 23.1 Å². The molecule has 1 aliphatic carbocycles. The maximum absolute atomic E-state index is 12.2. The molecule has 146 valence electrons. The van der Waals surface area contributed by atoms with Crippen molar-refractivity contribution in [2.75, 3.05) is 20.7 Å². The van der Waals surface area contributed by atoms with Crippen LogP contribution in [0.1, 0.15) is 36.0 Å². The van der Waals surface area contributed by atoms with Crippen molar-refractivity contribution in [1.82, 2.24) is 9.62 Å². The van der Waals surface area contributed by atoms with Crippen LogP contribution in [0.2, 0.25) is 5.02 Å². The molecular formula is C17H20ClN3O5S. The van der Waals surface area contributed by atoms with Crippen LogP contribution in [-0.4, -0.2) is 50.8 Å². The summed E-state index contributed by atoms with van der Waals surface area (Å²) in [5.74, 6) is -1.52. The Morgan fingerprint density at radius 3 is 2.52 bits per heavy atom. The van der Waals surface area contributed by atoms with E-state index in [4.69, 9.17) is 16.3 Å². The van der Waals surface area contributed by atoms with Crippen molar-refractivity contribution in [3.05, 3.63) is 28.8 Å². The lowest BCUT2D eigenvalue weighted by Crippen LogP contribution is -2.46. The van der Waals surface area contributed by atoms with Crippen LogP contribution in [0, 0.1) is 11.3 Å². The summed E-state index contributed by atoms with van der Waals surface area (Å²) >= 11 is 5.97. The lowest BCUT2D eigenvalue weighted by molar-refractivity contribution is -0.125. The lowest BCUT2D eigenvalue weighted by Gasteiger charge is -2.21. The van der Waals surface area contributed by atoms with Gasteiger partial charge in [-0.1, -0.05) is 11.6 Å². The predicted molar refractivity (Wildman–Crippen MR) is 97.6 cm³/mol. The molecule has 0 radical (unpaired) electrons. The van der Waals surface area contributed by atoms with Crippen LogP contribution in [0.5, 0.6) is 0 Å². The van der Waals surface area contributed by atoms with Crippen LogP contribution in [-0.2, 0) is 19.6 Å². The van der Waals surface area contributed by atoms with E-state index in [-0.39, 0.29) is 15.5 Å². The van der Waals surface area contributed by atoms with E-state index in [9.17, 15) is 23.3 Å². The molecule has 8 nitrogen and oxygen atoms in total. The quantitative estimate of drug-likeness (QED) is 0.709. The molecule has 0 spiro atoms. The minimum atomic E-state index is -3.76. The Morgan fingerprint density at radius 1 is 1.33 bits per heavy atom. The fraction of sp³-hybridized carbons (Fsp3) is 0.471. The Bertz CT molecular complexity index is 886. The van der Waals surface area contributed by atoms with Crippen molar-refractivity contribution in [1.29, 1.82) is 5.26 Å². The van der Waals surface area contributed by atoms with Crippen molar-refractivity contribution in [2.45, 2.75) is 36.1 Å². The van der Waals surface area contributed by atoms with Gasteiger partial charge in [-0.25, -0.2) is 17.5 Å². The minimum absolute atomic E-state index is 0.00222. The number of carbonyl (C=O) groups excluding carboxylic acids is 2. The van der Waals surface area contributed by atoms with Crippen LogP contribution in [0.25, 0.3) is 0 Å². The molecule has 1 amide bonds. The number of ether oxygens (including phenoxy) is 1. The molecule has 1 saturated carbocycles. The zero-order valence-corrected chi connectivity index (χ0v) is 16.6. The molecule has 1 aromatic rings. The smallest absolute Gasteiger partial charge is 0.340 e. The highest BCUT2D eigenvalue weighted by Crippen LogP contribution is 2.28. The van der Waals surface area contributed by atoms with Gasteiger partial charge in [-0.2, -0.15) is 5.26 Å². The van der Waals surface area contributed by atoms with Gasteiger partial charge in [0.1, 0.15) is 5.54 Å². The first kappa shape index (κ1) is 21.2. The number of amides is 1. The number of hydrogen-bond acceptors (Lipinski definition) is 6. The molecular weight excluding hydrogens is 394 g/mol. The molecule has 0 aromatic heterocycles. The van der Waals surface area contributed by atoms with Gasteiger partial charge < -0.3 is 10.1 Å². The van der Waals surface area contributed by atoms with E-state index in [0.717, 1.165) is 23.2 Å². The van der Waals surface area contributed by atoms with Crippen molar-refractivity contribution < 1.29 is 22.7 Å². The molecule has 2 rings (SSSR count). The summed E-state index contributed by atoms with van der Waals surface area (Å²) in [6, 6.07) is 5.76. The van der Waals surface area contributed by atoms with E-state index in [0.29, 0.717) is 12.8 Å². The largest absolute Gasteiger partial charge is 0.452 e. The fourth-order valence-corrected chi connectivity index (χ4v) is 3.91. The zero-order valence-electron chi connectivity index (χ0n) is 15.0. The number of sulfonamides is 1. The van der Waals surface area contributed by atoms with Crippen LogP contribution >= 0.6 is 11.6 Å². The van der Waals surface area contributed by atoms with E-state index in [1.54, 1.807) is 0 Å². The Balaban J connectivity index is 2.08. The Hall–Kier alpha value is -2.15. The molecule has 0 unspecified atom stereocenters. The second-order valence-corrected chi connectivity index (χ2v) is 9.01. The van der Waals surface area contributed by atoms with Gasteiger partial charge in [0.2, 0.25) is 10.0 Å². The number of rotatable bonds is 6. The van der Waals surface area contributed by atoms with E-state index in [2.05, 4.69) is 11.4 Å². The topological polar surface area (TPSA) is 117 Å². The van der Waals surface area contributed by atoms with Crippen molar-refractivity contribution in [3.63, 3.8) is 0 Å². The molecule has 10 heteroatoms. The number of nitrogens with zero attached hydrogens (tertiary/aromatic N) is 2. The maximum Gasteiger partial charge on any atom is 0.340 e. The van der Waals surface area contributed by atoms with E-state index >= 15 is 0 Å². The highest BCUT2D eigenvalue weighted by atomic mass is 35.5. The molecule has 0 saturated heterocycles. The van der Waals surface area contributed by atoms with E-state index in [1.807, 2.05) is 0 Å². The summed E-state index contributed by atoms with van der Waals surface area (Å²) in [5, 5.41) is 11.9. The van der Waals surface area contributed by atoms with Gasteiger partial charge in [0.25, 0.3) is 5.91 Å². The third-order valence-corrected chi connectivity index (χ3v) is 6.46. The number of hydrogen-bond donors (Lipinski definition) is 1. The fourth-order valence-electron chi connectivity index (χ4n) is 2.79. The third-order valence-electron chi connectivity index (χ3n) is 4.32. The van der Waals surface area contributed by atoms with Crippen molar-refractivity contribution >= 4 is 33.5 Å². The Labute approximate surface area is 163 Å². The number of halogens is 1. The molecule has 0 aliphatic heterocycles. The summed E-state index contributed by atoms with van der Waals surface area (Å²) in [7, 11) is -1.03. The molecule has 27 heavy (non-hydrogen) atoms. The first-order valence-electron chi connectivity index (χ1n) is 8.23. The van der Waals surface area contributed by atoms with Gasteiger partial charge >= 0.3 is 5.97 Å². The van der Waals surface area contributed by atoms with Gasteiger partial charge in [-0.05, 0) is 43.9 Å². The summed E-state index contributed by atoms with van der Waals surface area (Å²) in [6.45, 7) is -0.594. The molecule has 1 aromatic carbocycles. The normalized spacial score (nSPS) is 16.0.